The van der Waals surface area contributed by atoms with Gasteiger partial charge in [0.05, 0.1) is 11.7 Å². The Bertz CT molecular complexity index is 904. The Hall–Kier alpha value is -0.610. The van der Waals surface area contributed by atoms with Gasteiger partial charge in [0.1, 0.15) is 6.10 Å². The third kappa shape index (κ3) is 3.41. The van der Waals surface area contributed by atoms with Crippen LogP contribution in [-0.4, -0.2) is 34.0 Å². The number of carbonyl (C=O) groups excluding carboxylic acids is 1. The summed E-state index contributed by atoms with van der Waals surface area (Å²) in [5.41, 5.74) is -0.222. The van der Waals surface area contributed by atoms with E-state index in [9.17, 15) is 15.0 Å². The molecule has 5 aliphatic rings. The highest BCUT2D eigenvalue weighted by molar-refractivity contribution is 5.66. The van der Waals surface area contributed by atoms with E-state index in [4.69, 9.17) is 4.74 Å². The fourth-order valence-corrected chi connectivity index (χ4v) is 12.2. The molecule has 0 unspecified atom stereocenters. The van der Waals surface area contributed by atoms with Gasteiger partial charge < -0.3 is 14.9 Å². The van der Waals surface area contributed by atoms with Crippen LogP contribution in [-0.2, 0) is 9.53 Å². The second-order valence-corrected chi connectivity index (χ2v) is 16.3. The molecule has 36 heavy (non-hydrogen) atoms. The SMILES string of the molecule is CC(=O)O[C@H]1CC[C@]2(C)[C@H]3[C@H](O)C[C@@H]4[C@H]5[C@H](C(C)(C)O)CC[C@]5(C)CC[C@@]4(C)[C@]3(C)CC[C@H]2C1(C)C. The average molecular weight is 503 g/mol. The van der Waals surface area contributed by atoms with Gasteiger partial charge in [-0.3, -0.25) is 4.79 Å². The average Bonchev–Trinajstić information content (AvgIpc) is 3.09. The zero-order chi connectivity index (χ0) is 26.7. The Morgan fingerprint density at radius 2 is 1.56 bits per heavy atom. The first-order chi connectivity index (χ1) is 16.4. The quantitative estimate of drug-likeness (QED) is 0.409. The van der Waals surface area contributed by atoms with Crippen LogP contribution in [0.1, 0.15) is 120 Å². The van der Waals surface area contributed by atoms with E-state index in [2.05, 4.69) is 41.5 Å². The largest absolute Gasteiger partial charge is 0.462 e. The molecule has 4 heteroatoms. The van der Waals surface area contributed by atoms with Crippen molar-refractivity contribution in [1.82, 2.24) is 0 Å². The van der Waals surface area contributed by atoms with Crippen LogP contribution >= 0.6 is 0 Å². The van der Waals surface area contributed by atoms with Crippen LogP contribution < -0.4 is 0 Å². The second-order valence-electron chi connectivity index (χ2n) is 16.3. The molecule has 0 bridgehead atoms. The standard InChI is InChI=1S/C32H54O4/c1-19(33)36-24-12-14-30(7)23(27(24,2)3)11-15-32(9)26(30)22(34)18-21-25-20(28(4,5)35)10-13-29(25,6)16-17-31(21,32)8/h20-26,34-35H,10-18H2,1-9H3/t20-,21-,22-,23+,24+,25-,26-,29-,30+,31-,32-/m1/s1. The molecule has 5 rings (SSSR count). The topological polar surface area (TPSA) is 66.8 Å². The molecule has 0 saturated heterocycles. The molecule has 0 aromatic rings. The van der Waals surface area contributed by atoms with Crippen LogP contribution in [0, 0.1) is 56.7 Å². The molecule has 0 spiro atoms. The van der Waals surface area contributed by atoms with Gasteiger partial charge in [-0.05, 0) is 123 Å². The summed E-state index contributed by atoms with van der Waals surface area (Å²) in [6.45, 7) is 20.3. The first-order valence-electron chi connectivity index (χ1n) is 15.0. The van der Waals surface area contributed by atoms with E-state index in [0.29, 0.717) is 23.7 Å². The molecule has 5 aliphatic carbocycles. The minimum absolute atomic E-state index is 0.0343. The van der Waals surface area contributed by atoms with Crippen LogP contribution in [0.5, 0.6) is 0 Å². The van der Waals surface area contributed by atoms with E-state index < -0.39 is 5.60 Å². The summed E-state index contributed by atoms with van der Waals surface area (Å²) < 4.78 is 5.87. The number of fused-ring (bicyclic) bond motifs is 7. The van der Waals surface area contributed by atoms with Crippen molar-refractivity contribution in [2.45, 2.75) is 138 Å². The van der Waals surface area contributed by atoms with Crippen molar-refractivity contribution in [3.05, 3.63) is 0 Å². The number of carbonyl (C=O) groups is 1. The molecule has 5 fully saturated rings. The van der Waals surface area contributed by atoms with Gasteiger partial charge in [-0.15, -0.1) is 0 Å². The van der Waals surface area contributed by atoms with Crippen LogP contribution in [0.4, 0.5) is 0 Å². The highest BCUT2D eigenvalue weighted by atomic mass is 16.5. The number of rotatable bonds is 2. The van der Waals surface area contributed by atoms with E-state index in [1.807, 2.05) is 13.8 Å². The van der Waals surface area contributed by atoms with Crippen molar-refractivity contribution in [1.29, 1.82) is 0 Å². The Labute approximate surface area is 220 Å². The van der Waals surface area contributed by atoms with Crippen molar-refractivity contribution in [2.75, 3.05) is 0 Å². The molecule has 206 valence electrons. The number of hydrogen-bond acceptors (Lipinski definition) is 4. The van der Waals surface area contributed by atoms with Gasteiger partial charge in [-0.2, -0.15) is 0 Å². The lowest BCUT2D eigenvalue weighted by Crippen LogP contribution is -2.70. The van der Waals surface area contributed by atoms with Gasteiger partial charge in [-0.25, -0.2) is 0 Å². The van der Waals surface area contributed by atoms with Gasteiger partial charge in [-0.1, -0.05) is 41.5 Å². The van der Waals surface area contributed by atoms with Crippen LogP contribution in [0.25, 0.3) is 0 Å². The normalized spacial score (nSPS) is 54.0. The molecule has 0 amide bonds. The Balaban J connectivity index is 1.54. The van der Waals surface area contributed by atoms with Gasteiger partial charge in [0.25, 0.3) is 0 Å². The molecule has 11 atom stereocenters. The molecule has 4 nitrogen and oxygen atoms in total. The predicted octanol–water partition coefficient (Wildman–Crippen LogP) is 6.76. The van der Waals surface area contributed by atoms with Gasteiger partial charge in [0.15, 0.2) is 0 Å². The summed E-state index contributed by atoms with van der Waals surface area (Å²) in [5.74, 6) is 1.76. The van der Waals surface area contributed by atoms with Crippen LogP contribution in [0.15, 0.2) is 0 Å². The first-order valence-corrected chi connectivity index (χ1v) is 15.0. The van der Waals surface area contributed by atoms with Crippen molar-refractivity contribution in [3.63, 3.8) is 0 Å². The summed E-state index contributed by atoms with van der Waals surface area (Å²) in [6, 6.07) is 0. The fourth-order valence-electron chi connectivity index (χ4n) is 12.2. The number of hydrogen-bond donors (Lipinski definition) is 2. The van der Waals surface area contributed by atoms with Crippen molar-refractivity contribution in [2.24, 2.45) is 56.7 Å². The molecule has 2 N–H and O–H groups in total. The molecular weight excluding hydrogens is 448 g/mol. The third-order valence-electron chi connectivity index (χ3n) is 14.0. The van der Waals surface area contributed by atoms with Gasteiger partial charge >= 0.3 is 5.97 Å². The second kappa shape index (κ2) is 7.96. The van der Waals surface area contributed by atoms with E-state index in [-0.39, 0.29) is 51.2 Å². The van der Waals surface area contributed by atoms with E-state index >= 15 is 0 Å². The molecule has 0 radical (unpaired) electrons. The van der Waals surface area contributed by atoms with Crippen LogP contribution in [0.2, 0.25) is 0 Å². The number of esters is 1. The highest BCUT2D eigenvalue weighted by Gasteiger charge is 2.72. The van der Waals surface area contributed by atoms with Gasteiger partial charge in [0.2, 0.25) is 0 Å². The lowest BCUT2D eigenvalue weighted by atomic mass is 9.31. The first kappa shape index (κ1) is 27.0. The maximum absolute atomic E-state index is 12.2. The van der Waals surface area contributed by atoms with Crippen molar-refractivity contribution < 1.29 is 19.7 Å². The molecular formula is C32H54O4. The Morgan fingerprint density at radius 1 is 0.889 bits per heavy atom. The summed E-state index contributed by atoms with van der Waals surface area (Å²) in [7, 11) is 0. The van der Waals surface area contributed by atoms with E-state index in [0.717, 1.165) is 38.5 Å². The summed E-state index contributed by atoms with van der Waals surface area (Å²) in [5, 5.41) is 23.4. The maximum Gasteiger partial charge on any atom is 0.302 e. The molecule has 0 aliphatic heterocycles. The zero-order valence-electron chi connectivity index (χ0n) is 24.6. The summed E-state index contributed by atoms with van der Waals surface area (Å²) in [6.07, 6.45) is 9.51. The molecule has 5 saturated carbocycles. The zero-order valence-corrected chi connectivity index (χ0v) is 24.6. The van der Waals surface area contributed by atoms with Crippen molar-refractivity contribution >= 4 is 5.97 Å². The summed E-state index contributed by atoms with van der Waals surface area (Å²) >= 11 is 0. The van der Waals surface area contributed by atoms with E-state index in [1.54, 1.807) is 0 Å². The molecule has 0 aromatic carbocycles. The maximum atomic E-state index is 12.2. The highest BCUT2D eigenvalue weighted by Crippen LogP contribution is 2.77. The summed E-state index contributed by atoms with van der Waals surface area (Å²) in [4.78, 5) is 11.9. The Kier molecular flexibility index (Phi) is 5.97. The fraction of sp³-hybridized carbons (Fsp3) is 0.969. The van der Waals surface area contributed by atoms with E-state index in [1.165, 1.54) is 26.2 Å². The molecule has 0 aromatic heterocycles. The predicted molar refractivity (Wildman–Crippen MR) is 143 cm³/mol. The van der Waals surface area contributed by atoms with Crippen molar-refractivity contribution in [3.8, 4) is 0 Å². The minimum atomic E-state index is -0.674. The number of aliphatic hydroxyl groups excluding tert-OH is 1. The lowest BCUT2D eigenvalue weighted by Gasteiger charge is -2.73. The lowest BCUT2D eigenvalue weighted by molar-refractivity contribution is -0.280. The minimum Gasteiger partial charge on any atom is -0.462 e. The third-order valence-corrected chi connectivity index (χ3v) is 14.0. The van der Waals surface area contributed by atoms with Gasteiger partial charge in [0, 0.05) is 12.3 Å². The number of ether oxygens (including phenoxy) is 1. The van der Waals surface area contributed by atoms with Crippen LogP contribution in [0.3, 0.4) is 0 Å². The smallest absolute Gasteiger partial charge is 0.302 e. The Morgan fingerprint density at radius 3 is 2.17 bits per heavy atom. The molecule has 0 heterocycles. The number of aliphatic hydroxyl groups is 2. The monoisotopic (exact) mass is 502 g/mol.